The first-order valence-electron chi connectivity index (χ1n) is 6.75. The largest absolute Gasteiger partial charge is 0.366 e. The van der Waals surface area contributed by atoms with Gasteiger partial charge in [0, 0.05) is 23.8 Å². The summed E-state index contributed by atoms with van der Waals surface area (Å²) in [4.78, 5) is 23.1. The molecule has 0 aromatic heterocycles. The molecule has 20 heavy (non-hydrogen) atoms. The normalized spacial score (nSPS) is 17.8. The molecule has 0 unspecified atom stereocenters. The number of urea groups is 1. The number of benzene rings is 1. The van der Waals surface area contributed by atoms with E-state index in [1.807, 2.05) is 0 Å². The van der Waals surface area contributed by atoms with Crippen LogP contribution < -0.4 is 21.7 Å². The topological polar surface area (TPSA) is 96.2 Å². The summed E-state index contributed by atoms with van der Waals surface area (Å²) in [6, 6.07) is 5.15. The van der Waals surface area contributed by atoms with Gasteiger partial charge < -0.3 is 21.7 Å². The Morgan fingerprint density at radius 1 is 1.45 bits per heavy atom. The van der Waals surface area contributed by atoms with Crippen molar-refractivity contribution < 1.29 is 9.59 Å². The van der Waals surface area contributed by atoms with Gasteiger partial charge in [0.15, 0.2) is 0 Å². The van der Waals surface area contributed by atoms with Gasteiger partial charge in [0.05, 0.1) is 0 Å². The summed E-state index contributed by atoms with van der Waals surface area (Å²) < 4.78 is 0. The Labute approximate surface area is 118 Å². The third-order valence-corrected chi connectivity index (χ3v) is 3.52. The maximum Gasteiger partial charge on any atom is 0.319 e. The molecule has 0 radical (unpaired) electrons. The highest BCUT2D eigenvalue weighted by atomic mass is 16.2. The van der Waals surface area contributed by atoms with E-state index in [1.54, 1.807) is 25.1 Å². The summed E-state index contributed by atoms with van der Waals surface area (Å²) in [5, 5.41) is 8.87. The zero-order valence-electron chi connectivity index (χ0n) is 11.5. The molecule has 1 saturated heterocycles. The summed E-state index contributed by atoms with van der Waals surface area (Å²) in [6.45, 7) is 3.36. The lowest BCUT2D eigenvalue weighted by Gasteiger charge is -2.14. The van der Waals surface area contributed by atoms with Crippen LogP contribution in [0.15, 0.2) is 18.2 Å². The number of amides is 3. The van der Waals surface area contributed by atoms with E-state index < -0.39 is 5.91 Å². The molecular weight excluding hydrogens is 256 g/mol. The smallest absolute Gasteiger partial charge is 0.319 e. The van der Waals surface area contributed by atoms with Crippen molar-refractivity contribution in [3.05, 3.63) is 29.3 Å². The average Bonchev–Trinajstić information content (AvgIpc) is 2.91. The molecule has 1 fully saturated rings. The third-order valence-electron chi connectivity index (χ3n) is 3.52. The van der Waals surface area contributed by atoms with Crippen LogP contribution in [-0.4, -0.2) is 31.1 Å². The van der Waals surface area contributed by atoms with E-state index in [4.69, 9.17) is 5.73 Å². The van der Waals surface area contributed by atoms with Crippen LogP contribution in [0.2, 0.25) is 0 Å². The predicted molar refractivity (Wildman–Crippen MR) is 77.7 cm³/mol. The SMILES string of the molecule is Cc1c(NC(=O)NC[C@@H]2CCCN2)cccc1C(N)=O. The van der Waals surface area contributed by atoms with E-state index in [9.17, 15) is 9.59 Å². The fourth-order valence-electron chi connectivity index (χ4n) is 2.35. The number of nitrogens with one attached hydrogen (secondary N) is 3. The zero-order valence-corrected chi connectivity index (χ0v) is 11.5. The van der Waals surface area contributed by atoms with E-state index in [0.717, 1.165) is 19.4 Å². The maximum atomic E-state index is 11.8. The number of primary amides is 1. The molecule has 5 N–H and O–H groups in total. The minimum Gasteiger partial charge on any atom is -0.366 e. The Bertz CT molecular complexity index is 510. The van der Waals surface area contributed by atoms with Crippen LogP contribution in [0, 0.1) is 6.92 Å². The van der Waals surface area contributed by atoms with Crippen molar-refractivity contribution in [2.45, 2.75) is 25.8 Å². The Balaban J connectivity index is 1.93. The third kappa shape index (κ3) is 3.48. The van der Waals surface area contributed by atoms with E-state index >= 15 is 0 Å². The van der Waals surface area contributed by atoms with Gasteiger partial charge in [-0.05, 0) is 44.0 Å². The highest BCUT2D eigenvalue weighted by Crippen LogP contribution is 2.18. The molecule has 0 spiro atoms. The molecule has 1 aliphatic heterocycles. The first-order chi connectivity index (χ1) is 9.58. The van der Waals surface area contributed by atoms with Crippen LogP contribution in [0.1, 0.15) is 28.8 Å². The van der Waals surface area contributed by atoms with Crippen molar-refractivity contribution >= 4 is 17.6 Å². The molecule has 1 atom stereocenters. The Morgan fingerprint density at radius 2 is 2.25 bits per heavy atom. The number of rotatable bonds is 4. The quantitative estimate of drug-likeness (QED) is 0.659. The van der Waals surface area contributed by atoms with E-state index in [0.29, 0.717) is 29.4 Å². The molecule has 1 aliphatic rings. The molecule has 2 rings (SSSR count). The van der Waals surface area contributed by atoms with Crippen molar-refractivity contribution in [3.63, 3.8) is 0 Å². The lowest BCUT2D eigenvalue weighted by atomic mass is 10.1. The summed E-state index contributed by atoms with van der Waals surface area (Å²) in [5.41, 5.74) is 6.97. The molecule has 0 saturated carbocycles. The number of hydrogen-bond acceptors (Lipinski definition) is 3. The van der Waals surface area contributed by atoms with Crippen molar-refractivity contribution in [1.82, 2.24) is 10.6 Å². The van der Waals surface area contributed by atoms with Crippen LogP contribution in [-0.2, 0) is 0 Å². The first-order valence-corrected chi connectivity index (χ1v) is 6.75. The van der Waals surface area contributed by atoms with E-state index in [1.165, 1.54) is 0 Å². The van der Waals surface area contributed by atoms with Crippen LogP contribution in [0.3, 0.4) is 0 Å². The molecule has 0 bridgehead atoms. The summed E-state index contributed by atoms with van der Waals surface area (Å²) in [5.74, 6) is -0.498. The van der Waals surface area contributed by atoms with Crippen LogP contribution in [0.4, 0.5) is 10.5 Å². The van der Waals surface area contributed by atoms with E-state index in [-0.39, 0.29) is 6.03 Å². The average molecular weight is 276 g/mol. The minimum atomic E-state index is -0.498. The molecular formula is C14H20N4O2. The number of nitrogens with two attached hydrogens (primary N) is 1. The van der Waals surface area contributed by atoms with Gasteiger partial charge in [-0.15, -0.1) is 0 Å². The van der Waals surface area contributed by atoms with Gasteiger partial charge in [-0.25, -0.2) is 4.79 Å². The molecule has 0 aliphatic carbocycles. The number of hydrogen-bond donors (Lipinski definition) is 4. The van der Waals surface area contributed by atoms with Crippen LogP contribution in [0.5, 0.6) is 0 Å². The van der Waals surface area contributed by atoms with Gasteiger partial charge in [-0.3, -0.25) is 4.79 Å². The monoisotopic (exact) mass is 276 g/mol. The minimum absolute atomic E-state index is 0.275. The Morgan fingerprint density at radius 3 is 2.90 bits per heavy atom. The van der Waals surface area contributed by atoms with Crippen molar-refractivity contribution in [2.75, 3.05) is 18.4 Å². The molecule has 1 aromatic rings. The Hall–Kier alpha value is -2.08. The second-order valence-corrected chi connectivity index (χ2v) is 4.97. The van der Waals surface area contributed by atoms with Gasteiger partial charge in [0.1, 0.15) is 0 Å². The van der Waals surface area contributed by atoms with Gasteiger partial charge in [0.25, 0.3) is 0 Å². The van der Waals surface area contributed by atoms with Gasteiger partial charge in [0.2, 0.25) is 5.91 Å². The van der Waals surface area contributed by atoms with E-state index in [2.05, 4.69) is 16.0 Å². The second-order valence-electron chi connectivity index (χ2n) is 4.97. The first kappa shape index (κ1) is 14.3. The van der Waals surface area contributed by atoms with Crippen molar-refractivity contribution in [2.24, 2.45) is 5.73 Å². The molecule has 6 heteroatoms. The zero-order chi connectivity index (χ0) is 14.5. The highest BCUT2D eigenvalue weighted by molar-refractivity contribution is 5.98. The Kier molecular flexibility index (Phi) is 4.57. The molecule has 3 amide bonds. The molecule has 6 nitrogen and oxygen atoms in total. The van der Waals surface area contributed by atoms with Gasteiger partial charge in [-0.1, -0.05) is 6.07 Å². The standard InChI is InChI=1S/C14H20N4O2/c1-9-11(13(15)19)5-2-6-12(9)18-14(20)17-8-10-4-3-7-16-10/h2,5-6,10,16H,3-4,7-8H2,1H3,(H2,15,19)(H2,17,18,20)/t10-/m0/s1. The molecule has 1 aromatic carbocycles. The summed E-state index contributed by atoms with van der Waals surface area (Å²) >= 11 is 0. The van der Waals surface area contributed by atoms with Crippen molar-refractivity contribution in [3.8, 4) is 0 Å². The van der Waals surface area contributed by atoms with Crippen LogP contribution in [0.25, 0.3) is 0 Å². The van der Waals surface area contributed by atoms with Gasteiger partial charge in [-0.2, -0.15) is 0 Å². The van der Waals surface area contributed by atoms with Crippen LogP contribution >= 0.6 is 0 Å². The summed E-state index contributed by atoms with van der Waals surface area (Å²) in [6.07, 6.45) is 2.23. The lowest BCUT2D eigenvalue weighted by molar-refractivity contribution is 0.0999. The fourth-order valence-corrected chi connectivity index (χ4v) is 2.35. The highest BCUT2D eigenvalue weighted by Gasteiger charge is 2.15. The fraction of sp³-hybridized carbons (Fsp3) is 0.429. The lowest BCUT2D eigenvalue weighted by Crippen LogP contribution is -2.39. The number of anilines is 1. The number of carbonyl (C=O) groups is 2. The predicted octanol–water partition coefficient (Wildman–Crippen LogP) is 0.967. The van der Waals surface area contributed by atoms with Crippen molar-refractivity contribution in [1.29, 1.82) is 0 Å². The maximum absolute atomic E-state index is 11.8. The van der Waals surface area contributed by atoms with Gasteiger partial charge >= 0.3 is 6.03 Å². The second kappa shape index (κ2) is 6.38. The summed E-state index contributed by atoms with van der Waals surface area (Å²) in [7, 11) is 0. The molecule has 1 heterocycles. The molecule has 108 valence electrons. The number of carbonyl (C=O) groups excluding carboxylic acids is 2.